The van der Waals surface area contributed by atoms with Gasteiger partial charge in [0.05, 0.1) is 11.6 Å². The summed E-state index contributed by atoms with van der Waals surface area (Å²) in [4.78, 5) is 0. The number of ether oxygens (including phenoxy) is 1. The molecule has 0 saturated heterocycles. The van der Waals surface area contributed by atoms with E-state index >= 15 is 0 Å². The summed E-state index contributed by atoms with van der Waals surface area (Å²) in [5.41, 5.74) is 7.82. The van der Waals surface area contributed by atoms with Crippen LogP contribution in [0.2, 0.25) is 0 Å². The van der Waals surface area contributed by atoms with Crippen LogP contribution >= 0.6 is 0 Å². The standard InChI is InChI=1S/C17H17FN2O/c1-12(20)7-13-3-2-4-17(8-13)21-11-15-9-16(18)6-5-14(15)10-19/h2-6,8-9,12H,7,11,20H2,1H3. The molecule has 1 unspecified atom stereocenters. The van der Waals surface area contributed by atoms with Gasteiger partial charge in [0.2, 0.25) is 0 Å². The van der Waals surface area contributed by atoms with Gasteiger partial charge in [0.25, 0.3) is 0 Å². The zero-order valence-corrected chi connectivity index (χ0v) is 11.8. The van der Waals surface area contributed by atoms with Crippen molar-refractivity contribution in [3.63, 3.8) is 0 Å². The average Bonchev–Trinajstić information content (AvgIpc) is 2.45. The third-order valence-electron chi connectivity index (χ3n) is 3.04. The number of hydrogen-bond acceptors (Lipinski definition) is 3. The van der Waals surface area contributed by atoms with E-state index in [9.17, 15) is 4.39 Å². The first kappa shape index (κ1) is 15.0. The molecule has 0 bridgehead atoms. The molecule has 0 aliphatic rings. The first-order chi connectivity index (χ1) is 10.1. The third-order valence-corrected chi connectivity index (χ3v) is 3.04. The largest absolute Gasteiger partial charge is 0.489 e. The molecule has 0 aromatic heterocycles. The summed E-state index contributed by atoms with van der Waals surface area (Å²) in [6.07, 6.45) is 0.764. The molecule has 2 aromatic rings. The highest BCUT2D eigenvalue weighted by Gasteiger charge is 2.06. The Labute approximate surface area is 123 Å². The van der Waals surface area contributed by atoms with Crippen molar-refractivity contribution in [1.29, 1.82) is 5.26 Å². The fourth-order valence-electron chi connectivity index (χ4n) is 2.09. The molecule has 0 aliphatic carbocycles. The van der Waals surface area contributed by atoms with E-state index in [0.29, 0.717) is 16.9 Å². The van der Waals surface area contributed by atoms with Crippen molar-refractivity contribution in [1.82, 2.24) is 0 Å². The van der Waals surface area contributed by atoms with Crippen LogP contribution in [0.25, 0.3) is 0 Å². The molecule has 2 aromatic carbocycles. The van der Waals surface area contributed by atoms with E-state index in [0.717, 1.165) is 12.0 Å². The molecular weight excluding hydrogens is 267 g/mol. The van der Waals surface area contributed by atoms with Crippen LogP contribution in [0, 0.1) is 17.1 Å². The van der Waals surface area contributed by atoms with Gasteiger partial charge < -0.3 is 10.5 Å². The van der Waals surface area contributed by atoms with Gasteiger partial charge in [0.1, 0.15) is 18.2 Å². The zero-order chi connectivity index (χ0) is 15.2. The first-order valence-electron chi connectivity index (χ1n) is 6.74. The fraction of sp³-hybridized carbons (Fsp3) is 0.235. The average molecular weight is 284 g/mol. The summed E-state index contributed by atoms with van der Waals surface area (Å²) >= 11 is 0. The SMILES string of the molecule is CC(N)Cc1cccc(OCc2cc(F)ccc2C#N)c1. The van der Waals surface area contributed by atoms with Crippen molar-refractivity contribution in [2.24, 2.45) is 5.73 Å². The van der Waals surface area contributed by atoms with E-state index in [2.05, 4.69) is 0 Å². The Morgan fingerprint density at radius 1 is 1.29 bits per heavy atom. The van der Waals surface area contributed by atoms with E-state index in [-0.39, 0.29) is 18.5 Å². The number of halogens is 1. The Hall–Kier alpha value is -2.38. The predicted molar refractivity (Wildman–Crippen MR) is 79.2 cm³/mol. The highest BCUT2D eigenvalue weighted by atomic mass is 19.1. The van der Waals surface area contributed by atoms with Crippen molar-refractivity contribution in [3.8, 4) is 11.8 Å². The van der Waals surface area contributed by atoms with Crippen LogP contribution in [0.5, 0.6) is 5.75 Å². The van der Waals surface area contributed by atoms with E-state index in [1.54, 1.807) is 0 Å². The monoisotopic (exact) mass is 284 g/mol. The van der Waals surface area contributed by atoms with Gasteiger partial charge in [-0.1, -0.05) is 12.1 Å². The topological polar surface area (TPSA) is 59.0 Å². The van der Waals surface area contributed by atoms with Gasteiger partial charge in [-0.05, 0) is 49.2 Å². The maximum absolute atomic E-state index is 13.2. The molecule has 1 atom stereocenters. The van der Waals surface area contributed by atoms with Crippen LogP contribution in [0.1, 0.15) is 23.6 Å². The summed E-state index contributed by atoms with van der Waals surface area (Å²) < 4.78 is 18.9. The minimum Gasteiger partial charge on any atom is -0.489 e. The molecule has 0 spiro atoms. The highest BCUT2D eigenvalue weighted by Crippen LogP contribution is 2.18. The van der Waals surface area contributed by atoms with E-state index in [4.69, 9.17) is 15.7 Å². The second-order valence-corrected chi connectivity index (χ2v) is 5.03. The van der Waals surface area contributed by atoms with Gasteiger partial charge in [-0.2, -0.15) is 5.26 Å². The summed E-state index contributed by atoms with van der Waals surface area (Å²) in [6.45, 7) is 2.10. The molecule has 2 N–H and O–H groups in total. The second kappa shape index (κ2) is 6.87. The number of benzene rings is 2. The number of rotatable bonds is 5. The number of nitrogens with two attached hydrogens (primary N) is 1. The molecule has 4 heteroatoms. The van der Waals surface area contributed by atoms with Gasteiger partial charge in [-0.3, -0.25) is 0 Å². The summed E-state index contributed by atoms with van der Waals surface area (Å²) in [6, 6.07) is 13.8. The van der Waals surface area contributed by atoms with E-state index < -0.39 is 0 Å². The minimum absolute atomic E-state index is 0.0775. The Bertz CT molecular complexity index is 662. The molecule has 0 fully saturated rings. The van der Waals surface area contributed by atoms with Crippen molar-refractivity contribution >= 4 is 0 Å². The molecule has 0 radical (unpaired) electrons. The van der Waals surface area contributed by atoms with Crippen molar-refractivity contribution < 1.29 is 9.13 Å². The highest BCUT2D eigenvalue weighted by molar-refractivity contribution is 5.38. The lowest BCUT2D eigenvalue weighted by Crippen LogP contribution is -2.17. The quantitative estimate of drug-likeness (QED) is 0.917. The Balaban J connectivity index is 2.10. The van der Waals surface area contributed by atoms with E-state index in [1.807, 2.05) is 37.3 Å². The Morgan fingerprint density at radius 2 is 2.10 bits per heavy atom. The van der Waals surface area contributed by atoms with Crippen molar-refractivity contribution in [2.45, 2.75) is 26.0 Å². The molecule has 0 aliphatic heterocycles. The maximum atomic E-state index is 13.2. The molecule has 21 heavy (non-hydrogen) atoms. The lowest BCUT2D eigenvalue weighted by atomic mass is 10.1. The molecule has 108 valence electrons. The molecule has 2 rings (SSSR count). The summed E-state index contributed by atoms with van der Waals surface area (Å²) in [5, 5.41) is 9.01. The third kappa shape index (κ3) is 4.30. The van der Waals surface area contributed by atoms with Crippen molar-refractivity contribution in [3.05, 3.63) is 65.0 Å². The van der Waals surface area contributed by atoms with Crippen LogP contribution in [0.15, 0.2) is 42.5 Å². The second-order valence-electron chi connectivity index (χ2n) is 5.03. The zero-order valence-electron chi connectivity index (χ0n) is 11.8. The molecule has 3 nitrogen and oxygen atoms in total. The van der Waals surface area contributed by atoms with E-state index in [1.165, 1.54) is 18.2 Å². The number of hydrogen-bond donors (Lipinski definition) is 1. The van der Waals surface area contributed by atoms with Crippen LogP contribution in [0.4, 0.5) is 4.39 Å². The van der Waals surface area contributed by atoms with Gasteiger partial charge in [-0.15, -0.1) is 0 Å². The minimum atomic E-state index is -0.377. The Kier molecular flexibility index (Phi) is 4.91. The molecule has 0 heterocycles. The molecule has 0 amide bonds. The Morgan fingerprint density at radius 3 is 2.81 bits per heavy atom. The van der Waals surface area contributed by atoms with Crippen LogP contribution in [-0.4, -0.2) is 6.04 Å². The van der Waals surface area contributed by atoms with Crippen LogP contribution in [0.3, 0.4) is 0 Å². The number of nitriles is 1. The lowest BCUT2D eigenvalue weighted by molar-refractivity contribution is 0.305. The number of nitrogens with zero attached hydrogens (tertiary/aromatic N) is 1. The lowest BCUT2D eigenvalue weighted by Gasteiger charge is -2.10. The first-order valence-corrected chi connectivity index (χ1v) is 6.74. The van der Waals surface area contributed by atoms with Gasteiger partial charge in [0, 0.05) is 11.6 Å². The summed E-state index contributed by atoms with van der Waals surface area (Å²) in [7, 11) is 0. The smallest absolute Gasteiger partial charge is 0.123 e. The predicted octanol–water partition coefficient (Wildman–Crippen LogP) is 3.17. The molecular formula is C17H17FN2O. The van der Waals surface area contributed by atoms with Crippen molar-refractivity contribution in [2.75, 3.05) is 0 Å². The molecule has 0 saturated carbocycles. The van der Waals surface area contributed by atoms with Crippen LogP contribution in [-0.2, 0) is 13.0 Å². The van der Waals surface area contributed by atoms with Gasteiger partial charge in [0.15, 0.2) is 0 Å². The maximum Gasteiger partial charge on any atom is 0.123 e. The van der Waals surface area contributed by atoms with Gasteiger partial charge >= 0.3 is 0 Å². The van der Waals surface area contributed by atoms with Gasteiger partial charge in [-0.25, -0.2) is 4.39 Å². The fourth-order valence-corrected chi connectivity index (χ4v) is 2.09. The normalized spacial score (nSPS) is 11.7. The summed E-state index contributed by atoms with van der Waals surface area (Å²) in [5.74, 6) is 0.305. The van der Waals surface area contributed by atoms with Crippen LogP contribution < -0.4 is 10.5 Å².